The van der Waals surface area contributed by atoms with E-state index in [-0.39, 0.29) is 5.91 Å². The van der Waals surface area contributed by atoms with Crippen LogP contribution in [-0.2, 0) is 0 Å². The standard InChI is InChI=1S/C19H21N3O2/c1-24-18-4-2-13(3-5-18)14-6-15(8-20-7-14)19(23)22-11-16-9-21-10-17(16)12-22/h2-8,16-17,21H,9-12H2,1H3/t16-,17+. The van der Waals surface area contributed by atoms with Crippen LogP contribution in [0.15, 0.2) is 42.7 Å². The normalized spacial score (nSPS) is 22.5. The third-order valence-electron chi connectivity index (χ3n) is 5.09. The second-order valence-electron chi connectivity index (χ2n) is 6.58. The number of methoxy groups -OCH3 is 1. The Hall–Kier alpha value is -2.40. The Labute approximate surface area is 141 Å². The van der Waals surface area contributed by atoms with Crippen molar-refractivity contribution in [3.05, 3.63) is 48.3 Å². The highest BCUT2D eigenvalue weighted by Crippen LogP contribution is 2.28. The molecule has 1 N–H and O–H groups in total. The summed E-state index contributed by atoms with van der Waals surface area (Å²) in [4.78, 5) is 19.1. The molecule has 5 heteroatoms. The van der Waals surface area contributed by atoms with E-state index in [1.807, 2.05) is 35.2 Å². The third kappa shape index (κ3) is 2.76. The Morgan fingerprint density at radius 1 is 1.12 bits per heavy atom. The van der Waals surface area contributed by atoms with E-state index < -0.39 is 0 Å². The van der Waals surface area contributed by atoms with Crippen molar-refractivity contribution in [2.45, 2.75) is 0 Å². The molecular formula is C19H21N3O2. The molecule has 0 aliphatic carbocycles. The van der Waals surface area contributed by atoms with Gasteiger partial charge >= 0.3 is 0 Å². The summed E-state index contributed by atoms with van der Waals surface area (Å²) in [6.07, 6.45) is 3.46. The summed E-state index contributed by atoms with van der Waals surface area (Å²) in [5, 5.41) is 3.40. The summed E-state index contributed by atoms with van der Waals surface area (Å²) in [7, 11) is 1.65. The number of rotatable bonds is 3. The second-order valence-corrected chi connectivity index (χ2v) is 6.58. The van der Waals surface area contributed by atoms with E-state index >= 15 is 0 Å². The first-order chi connectivity index (χ1) is 11.7. The van der Waals surface area contributed by atoms with Gasteiger partial charge in [0.2, 0.25) is 0 Å². The molecule has 0 saturated carbocycles. The Bertz CT molecular complexity index is 733. The van der Waals surface area contributed by atoms with Gasteiger partial charge in [-0.25, -0.2) is 0 Å². The van der Waals surface area contributed by atoms with Gasteiger partial charge in [0.05, 0.1) is 12.7 Å². The van der Waals surface area contributed by atoms with Crippen molar-refractivity contribution in [2.24, 2.45) is 11.8 Å². The van der Waals surface area contributed by atoms with E-state index in [2.05, 4.69) is 10.3 Å². The predicted molar refractivity (Wildman–Crippen MR) is 92.0 cm³/mol. The molecule has 2 aliphatic heterocycles. The first-order valence-corrected chi connectivity index (χ1v) is 8.34. The maximum Gasteiger partial charge on any atom is 0.255 e. The van der Waals surface area contributed by atoms with Gasteiger partial charge in [0.25, 0.3) is 5.91 Å². The van der Waals surface area contributed by atoms with Crippen LogP contribution in [0.2, 0.25) is 0 Å². The molecule has 0 radical (unpaired) electrons. The number of amides is 1. The quantitative estimate of drug-likeness (QED) is 0.939. The molecule has 24 heavy (non-hydrogen) atoms. The van der Waals surface area contributed by atoms with Gasteiger partial charge in [0, 0.05) is 44.1 Å². The third-order valence-corrected chi connectivity index (χ3v) is 5.09. The summed E-state index contributed by atoms with van der Waals surface area (Å²) >= 11 is 0. The number of carbonyl (C=O) groups excluding carboxylic acids is 1. The lowest BCUT2D eigenvalue weighted by Gasteiger charge is -2.17. The molecule has 2 aliphatic rings. The van der Waals surface area contributed by atoms with Crippen LogP contribution in [0.5, 0.6) is 5.75 Å². The van der Waals surface area contributed by atoms with Crippen molar-refractivity contribution in [2.75, 3.05) is 33.3 Å². The summed E-state index contributed by atoms with van der Waals surface area (Å²) in [6.45, 7) is 3.75. The lowest BCUT2D eigenvalue weighted by atomic mass is 10.0. The molecule has 0 bridgehead atoms. The number of nitrogens with one attached hydrogen (secondary N) is 1. The van der Waals surface area contributed by atoms with Gasteiger partial charge < -0.3 is 15.0 Å². The van der Waals surface area contributed by atoms with Gasteiger partial charge in [0.1, 0.15) is 5.75 Å². The van der Waals surface area contributed by atoms with Crippen LogP contribution in [0.25, 0.3) is 11.1 Å². The van der Waals surface area contributed by atoms with Gasteiger partial charge in [-0.2, -0.15) is 0 Å². The minimum absolute atomic E-state index is 0.0901. The van der Waals surface area contributed by atoms with Gasteiger partial charge in [-0.1, -0.05) is 12.1 Å². The fourth-order valence-corrected chi connectivity index (χ4v) is 3.70. The topological polar surface area (TPSA) is 54.5 Å². The van der Waals surface area contributed by atoms with E-state index in [4.69, 9.17) is 4.74 Å². The number of benzene rings is 1. The molecule has 2 aromatic rings. The van der Waals surface area contributed by atoms with Gasteiger partial charge in [-0.3, -0.25) is 9.78 Å². The zero-order chi connectivity index (χ0) is 16.5. The summed E-state index contributed by atoms with van der Waals surface area (Å²) in [5.41, 5.74) is 2.64. The molecule has 1 aromatic heterocycles. The average Bonchev–Trinajstić information content (AvgIpc) is 3.23. The fourth-order valence-electron chi connectivity index (χ4n) is 3.70. The molecule has 3 heterocycles. The van der Waals surface area contributed by atoms with Crippen LogP contribution in [-0.4, -0.2) is 49.1 Å². The van der Waals surface area contributed by atoms with Crippen molar-refractivity contribution in [3.8, 4) is 16.9 Å². The van der Waals surface area contributed by atoms with E-state index in [9.17, 15) is 4.79 Å². The molecule has 2 atom stereocenters. The molecule has 4 rings (SSSR count). The average molecular weight is 323 g/mol. The minimum Gasteiger partial charge on any atom is -0.497 e. The second kappa shape index (κ2) is 6.24. The number of ether oxygens (including phenoxy) is 1. The summed E-state index contributed by atoms with van der Waals surface area (Å²) in [6, 6.07) is 9.73. The molecule has 1 amide bonds. The summed E-state index contributed by atoms with van der Waals surface area (Å²) in [5.74, 6) is 2.11. The smallest absolute Gasteiger partial charge is 0.255 e. The highest BCUT2D eigenvalue weighted by molar-refractivity contribution is 5.95. The van der Waals surface area contributed by atoms with E-state index in [0.717, 1.165) is 43.1 Å². The van der Waals surface area contributed by atoms with Gasteiger partial charge in [0.15, 0.2) is 0 Å². The zero-order valence-corrected chi connectivity index (χ0v) is 13.7. The summed E-state index contributed by atoms with van der Waals surface area (Å²) < 4.78 is 5.19. The SMILES string of the molecule is COc1ccc(-c2cncc(C(=O)N3C[C@H]4CNC[C@H]4C3)c2)cc1. The van der Waals surface area contributed by atoms with Crippen LogP contribution in [0.4, 0.5) is 0 Å². The fraction of sp³-hybridized carbons (Fsp3) is 0.368. The number of aromatic nitrogens is 1. The molecule has 0 unspecified atom stereocenters. The Morgan fingerprint density at radius 2 is 1.83 bits per heavy atom. The van der Waals surface area contributed by atoms with Crippen molar-refractivity contribution < 1.29 is 9.53 Å². The van der Waals surface area contributed by atoms with Crippen molar-refractivity contribution in [1.82, 2.24) is 15.2 Å². The zero-order valence-electron chi connectivity index (χ0n) is 13.7. The van der Waals surface area contributed by atoms with Gasteiger partial charge in [-0.05, 0) is 35.6 Å². The van der Waals surface area contributed by atoms with Crippen molar-refractivity contribution in [1.29, 1.82) is 0 Å². The van der Waals surface area contributed by atoms with E-state index in [1.54, 1.807) is 19.5 Å². The lowest BCUT2D eigenvalue weighted by Crippen LogP contribution is -2.31. The molecule has 1 aromatic carbocycles. The molecule has 0 spiro atoms. The number of carbonyl (C=O) groups is 1. The highest BCUT2D eigenvalue weighted by atomic mass is 16.5. The van der Waals surface area contributed by atoms with Crippen LogP contribution in [0, 0.1) is 11.8 Å². The first kappa shape index (κ1) is 15.1. The monoisotopic (exact) mass is 323 g/mol. The molecule has 2 fully saturated rings. The number of hydrogen-bond donors (Lipinski definition) is 1. The lowest BCUT2D eigenvalue weighted by molar-refractivity contribution is 0.0781. The van der Waals surface area contributed by atoms with Crippen molar-refractivity contribution in [3.63, 3.8) is 0 Å². The number of hydrogen-bond acceptors (Lipinski definition) is 4. The van der Waals surface area contributed by atoms with Crippen LogP contribution in [0.3, 0.4) is 0 Å². The first-order valence-electron chi connectivity index (χ1n) is 8.34. The van der Waals surface area contributed by atoms with Crippen LogP contribution in [0.1, 0.15) is 10.4 Å². The maximum atomic E-state index is 12.8. The van der Waals surface area contributed by atoms with Crippen molar-refractivity contribution >= 4 is 5.91 Å². The Kier molecular flexibility index (Phi) is 3.94. The largest absolute Gasteiger partial charge is 0.497 e. The number of pyridine rings is 1. The highest BCUT2D eigenvalue weighted by Gasteiger charge is 2.38. The molecule has 5 nitrogen and oxygen atoms in total. The Balaban J connectivity index is 1.54. The molecule has 124 valence electrons. The predicted octanol–water partition coefficient (Wildman–Crippen LogP) is 2.05. The number of nitrogens with zero attached hydrogens (tertiary/aromatic N) is 2. The number of fused-ring (bicyclic) bond motifs is 1. The number of likely N-dealkylation sites (tertiary alicyclic amines) is 1. The van der Waals surface area contributed by atoms with Gasteiger partial charge in [-0.15, -0.1) is 0 Å². The van der Waals surface area contributed by atoms with Crippen LogP contribution >= 0.6 is 0 Å². The molecule has 2 saturated heterocycles. The molecular weight excluding hydrogens is 302 g/mol. The van der Waals surface area contributed by atoms with Crippen LogP contribution < -0.4 is 10.1 Å². The maximum absolute atomic E-state index is 12.8. The van der Waals surface area contributed by atoms with E-state index in [0.29, 0.717) is 17.4 Å². The minimum atomic E-state index is 0.0901. The Morgan fingerprint density at radius 3 is 2.50 bits per heavy atom. The van der Waals surface area contributed by atoms with E-state index in [1.165, 1.54) is 0 Å².